The predicted molar refractivity (Wildman–Crippen MR) is 88.3 cm³/mol. The molecule has 11 heteroatoms. The van der Waals surface area contributed by atoms with Crippen molar-refractivity contribution >= 4 is 31.0 Å². The summed E-state index contributed by atoms with van der Waals surface area (Å²) in [4.78, 5) is 10.5. The van der Waals surface area contributed by atoms with Crippen molar-refractivity contribution in [1.82, 2.24) is 9.78 Å². The highest BCUT2D eigenvalue weighted by molar-refractivity contribution is 7.86. The fourth-order valence-corrected chi connectivity index (χ4v) is 3.86. The molecule has 0 aliphatic carbocycles. The van der Waals surface area contributed by atoms with E-state index in [2.05, 4.69) is 5.10 Å². The molecule has 9 nitrogen and oxygen atoms in total. The maximum Gasteiger partial charge on any atom is 0.295 e. The van der Waals surface area contributed by atoms with Gasteiger partial charge < -0.3 is 0 Å². The number of H-pyrrole nitrogens is 1. The summed E-state index contributed by atoms with van der Waals surface area (Å²) in [6.07, 6.45) is 0. The van der Waals surface area contributed by atoms with Gasteiger partial charge in [-0.2, -0.15) is 16.8 Å². The molecule has 3 N–H and O–H groups in total. The molecule has 2 aromatic carbocycles. The predicted octanol–water partition coefficient (Wildman–Crippen LogP) is 1.12. The van der Waals surface area contributed by atoms with Gasteiger partial charge in [0.15, 0.2) is 0 Å². The SMILES string of the molecule is Cc1cc(=O)n(-c2ccc3c(S(=O)(=O)O)cc(S(=O)(=O)O)cc3c2)[nH]1. The number of hydrogen-bond donors (Lipinski definition) is 3. The van der Waals surface area contributed by atoms with Crippen LogP contribution in [0.2, 0.25) is 0 Å². The molecule has 0 saturated heterocycles. The number of benzene rings is 2. The zero-order valence-corrected chi connectivity index (χ0v) is 14.3. The number of nitrogens with one attached hydrogen (secondary N) is 1. The lowest BCUT2D eigenvalue weighted by Crippen LogP contribution is -2.13. The first-order valence-corrected chi connectivity index (χ1v) is 9.67. The Balaban J connectivity index is 2.40. The minimum Gasteiger partial charge on any atom is -0.295 e. The second-order valence-electron chi connectivity index (χ2n) is 5.39. The lowest BCUT2D eigenvalue weighted by molar-refractivity contribution is 0.482. The topological polar surface area (TPSA) is 147 Å². The molecule has 0 fully saturated rings. The van der Waals surface area contributed by atoms with Crippen molar-refractivity contribution in [3.8, 4) is 5.69 Å². The number of aryl methyl sites for hydroxylation is 1. The summed E-state index contributed by atoms with van der Waals surface area (Å²) in [5.74, 6) is 0. The maximum atomic E-state index is 11.9. The fraction of sp³-hybridized carbons (Fsp3) is 0.0714. The van der Waals surface area contributed by atoms with Gasteiger partial charge in [-0.1, -0.05) is 6.07 Å². The highest BCUT2D eigenvalue weighted by atomic mass is 32.2. The van der Waals surface area contributed by atoms with Gasteiger partial charge in [-0.15, -0.1) is 0 Å². The standard InChI is InChI=1S/C14H12N2O7S2/c1-8-4-14(17)16(15-8)10-2-3-12-9(5-10)6-11(24(18,19)20)7-13(12)25(21,22)23/h2-7,15H,1H3,(H,18,19,20)(H,21,22,23). The molecular formula is C14H12N2O7S2. The van der Waals surface area contributed by atoms with Gasteiger partial charge in [0.2, 0.25) is 0 Å². The Bertz CT molecular complexity index is 1270. The Hall–Kier alpha value is -2.47. The molecule has 0 unspecified atom stereocenters. The lowest BCUT2D eigenvalue weighted by Gasteiger charge is -2.09. The van der Waals surface area contributed by atoms with Crippen molar-refractivity contribution in [3.05, 3.63) is 52.4 Å². The molecule has 3 aromatic rings. The maximum absolute atomic E-state index is 11.9. The molecule has 0 saturated carbocycles. The van der Waals surface area contributed by atoms with Gasteiger partial charge in [-0.25, -0.2) is 4.68 Å². The largest absolute Gasteiger partial charge is 0.295 e. The summed E-state index contributed by atoms with van der Waals surface area (Å²) in [5.41, 5.74) is 0.549. The summed E-state index contributed by atoms with van der Waals surface area (Å²) in [6.45, 7) is 1.67. The molecule has 0 spiro atoms. The van der Waals surface area contributed by atoms with E-state index in [-0.39, 0.29) is 16.3 Å². The first kappa shape index (κ1) is 17.4. The molecule has 25 heavy (non-hydrogen) atoms. The van der Waals surface area contributed by atoms with Crippen LogP contribution < -0.4 is 5.56 Å². The normalized spacial score (nSPS) is 12.6. The molecule has 1 aromatic heterocycles. The van der Waals surface area contributed by atoms with E-state index in [1.54, 1.807) is 6.92 Å². The van der Waals surface area contributed by atoms with E-state index in [4.69, 9.17) is 0 Å². The number of hydrogen-bond acceptors (Lipinski definition) is 5. The fourth-order valence-electron chi connectivity index (χ4n) is 2.50. The summed E-state index contributed by atoms with van der Waals surface area (Å²) < 4.78 is 65.6. The van der Waals surface area contributed by atoms with E-state index in [9.17, 15) is 30.7 Å². The number of fused-ring (bicyclic) bond motifs is 1. The Morgan fingerprint density at radius 3 is 2.16 bits per heavy atom. The molecule has 132 valence electrons. The number of aromatic nitrogens is 2. The zero-order valence-electron chi connectivity index (χ0n) is 12.7. The van der Waals surface area contributed by atoms with E-state index in [1.807, 2.05) is 0 Å². The van der Waals surface area contributed by atoms with Gasteiger partial charge in [-0.3, -0.25) is 19.0 Å². The van der Waals surface area contributed by atoms with Crippen LogP contribution in [-0.2, 0) is 20.2 Å². The van der Waals surface area contributed by atoms with Gasteiger partial charge in [0.1, 0.15) is 4.90 Å². The second-order valence-corrected chi connectivity index (χ2v) is 8.20. The minimum atomic E-state index is -4.75. The van der Waals surface area contributed by atoms with Crippen molar-refractivity contribution in [2.75, 3.05) is 0 Å². The lowest BCUT2D eigenvalue weighted by atomic mass is 10.1. The van der Waals surface area contributed by atoms with Gasteiger partial charge in [0.25, 0.3) is 25.8 Å². The quantitative estimate of drug-likeness (QED) is 0.573. The zero-order chi connectivity index (χ0) is 18.6. The highest BCUT2D eigenvalue weighted by Gasteiger charge is 2.20. The van der Waals surface area contributed by atoms with E-state index >= 15 is 0 Å². The average Bonchev–Trinajstić information content (AvgIpc) is 2.82. The molecule has 0 aliphatic rings. The number of rotatable bonds is 3. The monoisotopic (exact) mass is 384 g/mol. The number of aromatic amines is 1. The van der Waals surface area contributed by atoms with Crippen LogP contribution in [0, 0.1) is 6.92 Å². The third kappa shape index (κ3) is 3.22. The highest BCUT2D eigenvalue weighted by Crippen LogP contribution is 2.28. The molecule has 0 radical (unpaired) electrons. The van der Waals surface area contributed by atoms with Gasteiger partial charge >= 0.3 is 0 Å². The summed E-state index contributed by atoms with van der Waals surface area (Å²) in [7, 11) is -9.46. The minimum absolute atomic E-state index is 0.0370. The van der Waals surface area contributed by atoms with Crippen LogP contribution in [0.1, 0.15) is 5.69 Å². The molecule has 0 amide bonds. The van der Waals surface area contributed by atoms with Crippen molar-refractivity contribution in [3.63, 3.8) is 0 Å². The first-order valence-electron chi connectivity index (χ1n) is 6.79. The van der Waals surface area contributed by atoms with Gasteiger partial charge in [0, 0.05) is 17.1 Å². The summed E-state index contributed by atoms with van der Waals surface area (Å²) >= 11 is 0. The van der Waals surface area contributed by atoms with E-state index < -0.39 is 30.0 Å². The van der Waals surface area contributed by atoms with Crippen molar-refractivity contribution in [2.24, 2.45) is 0 Å². The van der Waals surface area contributed by atoms with Crippen LogP contribution in [0.4, 0.5) is 0 Å². The Morgan fingerprint density at radius 2 is 1.64 bits per heavy atom. The molecule has 3 rings (SSSR count). The van der Waals surface area contributed by atoms with Crippen LogP contribution in [0.5, 0.6) is 0 Å². The first-order chi connectivity index (χ1) is 11.5. The van der Waals surface area contributed by atoms with E-state index in [0.29, 0.717) is 17.4 Å². The van der Waals surface area contributed by atoms with Crippen LogP contribution in [0.3, 0.4) is 0 Å². The van der Waals surface area contributed by atoms with Crippen molar-refractivity contribution < 1.29 is 25.9 Å². The van der Waals surface area contributed by atoms with Crippen LogP contribution in [0.25, 0.3) is 16.5 Å². The molecule has 0 bridgehead atoms. The van der Waals surface area contributed by atoms with Crippen LogP contribution in [0.15, 0.2) is 51.0 Å². The Kier molecular flexibility index (Phi) is 3.84. The average molecular weight is 384 g/mol. The Labute approximate surface area is 142 Å². The second kappa shape index (κ2) is 5.52. The molecule has 0 aliphatic heterocycles. The summed E-state index contributed by atoms with van der Waals surface area (Å²) in [6, 6.07) is 7.17. The van der Waals surface area contributed by atoms with Crippen LogP contribution >= 0.6 is 0 Å². The van der Waals surface area contributed by atoms with Gasteiger partial charge in [0.05, 0.1) is 10.6 Å². The molecule has 0 atom stereocenters. The third-order valence-electron chi connectivity index (χ3n) is 3.55. The molecule has 1 heterocycles. The third-order valence-corrected chi connectivity index (χ3v) is 5.28. The van der Waals surface area contributed by atoms with Crippen molar-refractivity contribution in [2.45, 2.75) is 16.7 Å². The molecular weight excluding hydrogens is 372 g/mol. The number of nitrogens with zero attached hydrogens (tertiary/aromatic N) is 1. The van der Waals surface area contributed by atoms with E-state index in [0.717, 1.165) is 6.07 Å². The van der Waals surface area contributed by atoms with Gasteiger partial charge in [-0.05, 0) is 36.6 Å². The van der Waals surface area contributed by atoms with Crippen molar-refractivity contribution in [1.29, 1.82) is 0 Å². The van der Waals surface area contributed by atoms with Crippen LogP contribution in [-0.4, -0.2) is 35.7 Å². The summed E-state index contributed by atoms with van der Waals surface area (Å²) in [5, 5.41) is 2.92. The van der Waals surface area contributed by atoms with E-state index in [1.165, 1.54) is 28.9 Å². The Morgan fingerprint density at radius 1 is 0.960 bits per heavy atom. The smallest absolute Gasteiger partial charge is 0.295 e.